The molecule has 2 amide bonds. The van der Waals surface area contributed by atoms with Gasteiger partial charge in [-0.1, -0.05) is 36.8 Å². The summed E-state index contributed by atoms with van der Waals surface area (Å²) in [6.07, 6.45) is 0.867. The molecule has 0 unspecified atom stereocenters. The molecular formula is C26H32FN3O3S2. The summed E-state index contributed by atoms with van der Waals surface area (Å²) in [6, 6.07) is 11.9. The molecule has 0 radical (unpaired) electrons. The van der Waals surface area contributed by atoms with Gasteiger partial charge < -0.3 is 10.2 Å². The summed E-state index contributed by atoms with van der Waals surface area (Å²) in [4.78, 5) is 43.5. The molecule has 4 rings (SSSR count). The number of hydrogen-bond donors (Lipinski definition) is 1. The summed E-state index contributed by atoms with van der Waals surface area (Å²) in [6.45, 7) is 7.21. The highest BCUT2D eigenvalue weighted by molar-refractivity contribution is 7.59. The molecule has 0 spiro atoms. The van der Waals surface area contributed by atoms with Gasteiger partial charge in [-0.15, -0.1) is 0 Å². The Morgan fingerprint density at radius 1 is 1.09 bits per heavy atom. The van der Waals surface area contributed by atoms with E-state index in [0.717, 1.165) is 12.0 Å². The van der Waals surface area contributed by atoms with Crippen molar-refractivity contribution in [3.8, 4) is 0 Å². The summed E-state index contributed by atoms with van der Waals surface area (Å²) in [5, 5.41) is 2.89. The summed E-state index contributed by atoms with van der Waals surface area (Å²) >= 11 is 0. The van der Waals surface area contributed by atoms with Gasteiger partial charge in [-0.3, -0.25) is 19.3 Å². The molecule has 1 fully saturated rings. The summed E-state index contributed by atoms with van der Waals surface area (Å²) in [5.41, 5.74) is 2.45. The van der Waals surface area contributed by atoms with Crippen LogP contribution in [0.2, 0.25) is 0 Å². The van der Waals surface area contributed by atoms with E-state index < -0.39 is 17.8 Å². The van der Waals surface area contributed by atoms with Gasteiger partial charge in [0.2, 0.25) is 0 Å². The van der Waals surface area contributed by atoms with Crippen LogP contribution in [0.25, 0.3) is 0 Å². The summed E-state index contributed by atoms with van der Waals surface area (Å²) < 4.78 is 13.7. The van der Waals surface area contributed by atoms with Crippen molar-refractivity contribution in [2.24, 2.45) is 0 Å². The Morgan fingerprint density at radius 3 is 2.37 bits per heavy atom. The lowest BCUT2D eigenvalue weighted by atomic mass is 9.79. The van der Waals surface area contributed by atoms with Gasteiger partial charge in [-0.2, -0.15) is 27.0 Å². The van der Waals surface area contributed by atoms with Crippen molar-refractivity contribution < 1.29 is 18.8 Å². The molecule has 0 bridgehead atoms. The number of carbonyl (C=O) groups is 3. The Morgan fingerprint density at radius 2 is 1.77 bits per heavy atom. The number of hydrogen-bond acceptors (Lipinski definition) is 4. The number of Topliss-reactive ketones (excluding diaryl/α,β-unsaturated/α-hetero) is 1. The maximum atomic E-state index is 13.7. The van der Waals surface area contributed by atoms with E-state index in [0.29, 0.717) is 42.2 Å². The van der Waals surface area contributed by atoms with Crippen LogP contribution in [0, 0.1) is 12.7 Å². The van der Waals surface area contributed by atoms with E-state index in [1.165, 1.54) is 19.1 Å². The fourth-order valence-corrected chi connectivity index (χ4v) is 4.80. The molecule has 9 heteroatoms. The van der Waals surface area contributed by atoms with Crippen molar-refractivity contribution in [3.63, 3.8) is 0 Å². The second-order valence-electron chi connectivity index (χ2n) is 8.62. The SMILES string of the molecule is CCCN1CCN2C(=O)[C@@H](NC(=O)c3cccc(C)c3)[C@@H](c3ccc(F)cc3)C(C(C)=O)=C12.S.S. The van der Waals surface area contributed by atoms with Crippen LogP contribution in [0.4, 0.5) is 4.39 Å². The first-order chi connectivity index (χ1) is 15.8. The first-order valence-electron chi connectivity index (χ1n) is 11.3. The van der Waals surface area contributed by atoms with Crippen LogP contribution >= 0.6 is 27.0 Å². The van der Waals surface area contributed by atoms with Gasteiger partial charge >= 0.3 is 0 Å². The lowest BCUT2D eigenvalue weighted by Crippen LogP contribution is -2.55. The number of rotatable bonds is 6. The number of carbonyl (C=O) groups excluding carboxylic acids is 3. The van der Waals surface area contributed by atoms with Crippen molar-refractivity contribution in [2.75, 3.05) is 19.6 Å². The molecule has 6 nitrogen and oxygen atoms in total. The van der Waals surface area contributed by atoms with Crippen molar-refractivity contribution in [1.82, 2.24) is 15.1 Å². The van der Waals surface area contributed by atoms with Crippen LogP contribution in [0.5, 0.6) is 0 Å². The van der Waals surface area contributed by atoms with E-state index >= 15 is 0 Å². The molecule has 188 valence electrons. The fraction of sp³-hybridized carbons (Fsp3) is 0.346. The molecule has 2 aromatic rings. The Hall–Kier alpha value is -2.78. The Kier molecular flexibility index (Phi) is 9.57. The third-order valence-electron chi connectivity index (χ3n) is 6.23. The summed E-state index contributed by atoms with van der Waals surface area (Å²) in [7, 11) is 0. The number of ketones is 1. The van der Waals surface area contributed by atoms with E-state index in [2.05, 4.69) is 10.2 Å². The Balaban J connectivity index is 0.00000216. The van der Waals surface area contributed by atoms with Crippen molar-refractivity contribution in [2.45, 2.75) is 39.2 Å². The van der Waals surface area contributed by atoms with Crippen LogP contribution in [0.1, 0.15) is 47.7 Å². The van der Waals surface area contributed by atoms with Crippen LogP contribution in [-0.2, 0) is 9.59 Å². The molecule has 2 heterocycles. The quantitative estimate of drug-likeness (QED) is 0.636. The van der Waals surface area contributed by atoms with Gasteiger partial charge in [0, 0.05) is 36.7 Å². The maximum Gasteiger partial charge on any atom is 0.251 e. The predicted octanol–water partition coefficient (Wildman–Crippen LogP) is 3.61. The number of halogens is 1. The van der Waals surface area contributed by atoms with Gasteiger partial charge in [-0.05, 0) is 50.1 Å². The molecule has 2 aliphatic heterocycles. The number of nitrogens with one attached hydrogen (secondary N) is 1. The third-order valence-corrected chi connectivity index (χ3v) is 6.23. The zero-order chi connectivity index (χ0) is 23.7. The summed E-state index contributed by atoms with van der Waals surface area (Å²) in [5.74, 6) is -1.33. The molecule has 1 saturated heterocycles. The highest BCUT2D eigenvalue weighted by Crippen LogP contribution is 2.40. The standard InChI is InChI=1S/C26H28FN3O3.2H2S/c1-4-12-29-13-14-30-25(29)21(17(3)31)22(18-8-10-20(27)11-9-18)23(26(30)33)28-24(32)19-7-5-6-16(2)15-19;;/h5-11,15,22-23H,4,12-14H2,1-3H3,(H,28,32);2*1H2/t22-,23-;;/m0../s1. The van der Waals surface area contributed by atoms with Crippen molar-refractivity contribution in [3.05, 3.63) is 82.4 Å². The maximum absolute atomic E-state index is 13.7. The van der Waals surface area contributed by atoms with Crippen molar-refractivity contribution in [1.29, 1.82) is 0 Å². The van der Waals surface area contributed by atoms with Crippen LogP contribution in [0.15, 0.2) is 59.9 Å². The molecule has 2 aliphatic rings. The number of benzene rings is 2. The smallest absolute Gasteiger partial charge is 0.251 e. The second-order valence-corrected chi connectivity index (χ2v) is 8.62. The van der Waals surface area contributed by atoms with E-state index in [4.69, 9.17) is 0 Å². The first-order valence-corrected chi connectivity index (χ1v) is 11.3. The van der Waals surface area contributed by atoms with E-state index in [1.807, 2.05) is 19.9 Å². The van der Waals surface area contributed by atoms with E-state index in [1.54, 1.807) is 35.2 Å². The minimum Gasteiger partial charge on any atom is -0.356 e. The van der Waals surface area contributed by atoms with Gasteiger partial charge in [0.15, 0.2) is 5.78 Å². The average molecular weight is 518 g/mol. The van der Waals surface area contributed by atoms with Gasteiger partial charge in [0.1, 0.15) is 17.7 Å². The van der Waals surface area contributed by atoms with E-state index in [9.17, 15) is 18.8 Å². The fourth-order valence-electron chi connectivity index (χ4n) is 4.80. The Labute approximate surface area is 219 Å². The molecule has 0 saturated carbocycles. The van der Waals surface area contributed by atoms with Crippen molar-refractivity contribution >= 4 is 44.6 Å². The molecule has 2 atom stereocenters. The lowest BCUT2D eigenvalue weighted by Gasteiger charge is -2.39. The highest BCUT2D eigenvalue weighted by atomic mass is 32.1. The van der Waals surface area contributed by atoms with Crippen LogP contribution in [-0.4, -0.2) is 53.1 Å². The predicted molar refractivity (Wildman–Crippen MR) is 144 cm³/mol. The normalized spacial score (nSPS) is 19.0. The topological polar surface area (TPSA) is 69.7 Å². The monoisotopic (exact) mass is 517 g/mol. The molecule has 35 heavy (non-hydrogen) atoms. The second kappa shape index (κ2) is 11.8. The molecular weight excluding hydrogens is 485 g/mol. The van der Waals surface area contributed by atoms with Gasteiger partial charge in [0.05, 0.1) is 0 Å². The van der Waals surface area contributed by atoms with Crippen LogP contribution in [0.3, 0.4) is 0 Å². The Bertz CT molecular complexity index is 1140. The zero-order valence-electron chi connectivity index (χ0n) is 20.1. The average Bonchev–Trinajstić information content (AvgIpc) is 3.19. The zero-order valence-corrected chi connectivity index (χ0v) is 22.1. The van der Waals surface area contributed by atoms with E-state index in [-0.39, 0.29) is 44.6 Å². The third kappa shape index (κ3) is 5.56. The number of fused-ring (bicyclic) bond motifs is 1. The first kappa shape index (κ1) is 28.5. The highest BCUT2D eigenvalue weighted by Gasteiger charge is 2.48. The van der Waals surface area contributed by atoms with Crippen LogP contribution < -0.4 is 5.32 Å². The molecule has 1 N–H and O–H groups in total. The van der Waals surface area contributed by atoms with Gasteiger partial charge in [-0.25, -0.2) is 4.39 Å². The lowest BCUT2D eigenvalue weighted by molar-refractivity contribution is -0.132. The minimum absolute atomic E-state index is 0. The number of nitrogens with zero attached hydrogens (tertiary/aromatic N) is 2. The molecule has 2 aromatic carbocycles. The molecule has 0 aliphatic carbocycles. The van der Waals surface area contributed by atoms with Gasteiger partial charge in [0.25, 0.3) is 11.8 Å². The minimum atomic E-state index is -0.979. The number of aryl methyl sites for hydroxylation is 1. The largest absolute Gasteiger partial charge is 0.356 e. The number of amides is 2. The molecule has 0 aromatic heterocycles.